The summed E-state index contributed by atoms with van der Waals surface area (Å²) in [5.41, 5.74) is 6.99. The Morgan fingerprint density at radius 2 is 1.65 bits per heavy atom. The number of nitrogen functional groups attached to an aromatic ring is 1. The highest BCUT2D eigenvalue weighted by Crippen LogP contribution is 2.25. The number of anilines is 1. The number of carboxylic acid groups (broad SMARTS) is 1. The molecule has 0 fully saturated rings. The fraction of sp³-hybridized carbons (Fsp3) is 0.174. The number of aliphatic hydroxyl groups excluding tert-OH is 1. The number of carbonyl (C=O) groups is 1. The van der Waals surface area contributed by atoms with Gasteiger partial charge in [0.2, 0.25) is 9.84 Å². The van der Waals surface area contributed by atoms with E-state index >= 15 is 0 Å². The summed E-state index contributed by atoms with van der Waals surface area (Å²) in [7, 11) is -3.88. The lowest BCUT2D eigenvalue weighted by molar-refractivity contribution is 0.0697. The largest absolute Gasteiger partial charge is 0.478 e. The summed E-state index contributed by atoms with van der Waals surface area (Å²) >= 11 is 5.94. The maximum absolute atomic E-state index is 12.8. The van der Waals surface area contributed by atoms with Gasteiger partial charge in [-0.2, -0.15) is 0 Å². The zero-order valence-corrected chi connectivity index (χ0v) is 21.1. The summed E-state index contributed by atoms with van der Waals surface area (Å²) in [5.74, 6) is -1.29. The minimum atomic E-state index is -3.88. The molecule has 11 heteroatoms. The van der Waals surface area contributed by atoms with Crippen LogP contribution in [0.1, 0.15) is 27.6 Å². The van der Waals surface area contributed by atoms with E-state index in [2.05, 4.69) is 5.32 Å². The second kappa shape index (κ2) is 12.9. The number of halogens is 3. The predicted molar refractivity (Wildman–Crippen MR) is 137 cm³/mol. The highest BCUT2D eigenvalue weighted by atomic mass is 35.5. The second-order valence-electron chi connectivity index (χ2n) is 7.23. The standard InChI is InChI=1S/C23H23ClN2O5S.2ClH/c24-17-3-1-2-16(12-17)22(27)14-26-11-10-15-4-6-18(7-5-15)32(30,31)19-8-9-21(25)20(13-19)23(28)29;;/h1-9,12-13,22,26-27H,10-11,14,25H2,(H,28,29);2*1H/t22-;;/m0../s1. The summed E-state index contributed by atoms with van der Waals surface area (Å²) < 4.78 is 25.7. The van der Waals surface area contributed by atoms with Crippen LogP contribution in [0.3, 0.4) is 0 Å². The van der Waals surface area contributed by atoms with Crippen LogP contribution in [0.25, 0.3) is 0 Å². The van der Waals surface area contributed by atoms with Crippen LogP contribution in [-0.2, 0) is 16.3 Å². The lowest BCUT2D eigenvalue weighted by Crippen LogP contribution is -2.23. The summed E-state index contributed by atoms with van der Waals surface area (Å²) in [6, 6.07) is 17.1. The third-order valence-electron chi connectivity index (χ3n) is 4.96. The highest BCUT2D eigenvalue weighted by Gasteiger charge is 2.20. The molecule has 34 heavy (non-hydrogen) atoms. The van der Waals surface area contributed by atoms with Crippen molar-refractivity contribution in [3.8, 4) is 0 Å². The maximum Gasteiger partial charge on any atom is 0.337 e. The first kappa shape index (κ1) is 29.7. The van der Waals surface area contributed by atoms with Gasteiger partial charge in [-0.1, -0.05) is 35.9 Å². The van der Waals surface area contributed by atoms with Crippen LogP contribution in [0, 0.1) is 0 Å². The van der Waals surface area contributed by atoms with Crippen molar-refractivity contribution in [2.45, 2.75) is 22.3 Å². The van der Waals surface area contributed by atoms with E-state index in [1.807, 2.05) is 0 Å². The first-order chi connectivity index (χ1) is 15.2. The van der Waals surface area contributed by atoms with Crippen molar-refractivity contribution in [1.29, 1.82) is 0 Å². The Morgan fingerprint density at radius 3 is 2.26 bits per heavy atom. The smallest absolute Gasteiger partial charge is 0.337 e. The fourth-order valence-corrected chi connectivity index (χ4v) is 4.65. The fourth-order valence-electron chi connectivity index (χ4n) is 3.16. The van der Waals surface area contributed by atoms with Crippen molar-refractivity contribution >= 4 is 57.9 Å². The van der Waals surface area contributed by atoms with Crippen molar-refractivity contribution in [3.05, 3.63) is 88.4 Å². The Balaban J connectivity index is 0.00000289. The van der Waals surface area contributed by atoms with Gasteiger partial charge < -0.3 is 21.3 Å². The van der Waals surface area contributed by atoms with Crippen molar-refractivity contribution in [3.63, 3.8) is 0 Å². The molecule has 0 bridgehead atoms. The zero-order valence-electron chi connectivity index (χ0n) is 17.8. The number of nitrogens with two attached hydrogens (primary N) is 1. The van der Waals surface area contributed by atoms with E-state index < -0.39 is 21.9 Å². The minimum Gasteiger partial charge on any atom is -0.478 e. The van der Waals surface area contributed by atoms with Crippen LogP contribution in [0.2, 0.25) is 5.02 Å². The van der Waals surface area contributed by atoms with Gasteiger partial charge in [-0.15, -0.1) is 24.8 Å². The van der Waals surface area contributed by atoms with Crippen LogP contribution in [-0.4, -0.2) is 37.7 Å². The number of nitrogens with one attached hydrogen (secondary N) is 1. The van der Waals surface area contributed by atoms with E-state index in [1.54, 1.807) is 36.4 Å². The third kappa shape index (κ3) is 7.33. The number of hydrogen-bond acceptors (Lipinski definition) is 6. The first-order valence-corrected chi connectivity index (χ1v) is 11.7. The van der Waals surface area contributed by atoms with Gasteiger partial charge in [-0.25, -0.2) is 13.2 Å². The van der Waals surface area contributed by atoms with Gasteiger partial charge in [0, 0.05) is 17.3 Å². The molecule has 1 atom stereocenters. The third-order valence-corrected chi connectivity index (χ3v) is 6.96. The van der Waals surface area contributed by atoms with Crippen molar-refractivity contribution in [1.82, 2.24) is 5.32 Å². The maximum atomic E-state index is 12.8. The summed E-state index contributed by atoms with van der Waals surface area (Å²) in [4.78, 5) is 11.2. The SMILES string of the molecule is Cl.Cl.Nc1ccc(S(=O)(=O)c2ccc(CCNC[C@H](O)c3cccc(Cl)c3)cc2)cc1C(=O)O. The van der Waals surface area contributed by atoms with Gasteiger partial charge >= 0.3 is 5.97 Å². The van der Waals surface area contributed by atoms with Gasteiger partial charge in [0.15, 0.2) is 0 Å². The van der Waals surface area contributed by atoms with Crippen LogP contribution < -0.4 is 11.1 Å². The van der Waals surface area contributed by atoms with Crippen LogP contribution in [0.15, 0.2) is 76.5 Å². The molecule has 0 aliphatic rings. The molecule has 0 aliphatic carbocycles. The average molecular weight is 548 g/mol. The van der Waals surface area contributed by atoms with E-state index in [0.717, 1.165) is 17.2 Å². The Morgan fingerprint density at radius 1 is 1.00 bits per heavy atom. The van der Waals surface area contributed by atoms with E-state index in [-0.39, 0.29) is 45.9 Å². The summed E-state index contributed by atoms with van der Waals surface area (Å²) in [6.07, 6.45) is -0.0509. The molecule has 0 unspecified atom stereocenters. The number of benzene rings is 3. The van der Waals surface area contributed by atoms with Crippen LogP contribution >= 0.6 is 36.4 Å². The molecule has 0 saturated heterocycles. The Hall–Kier alpha value is -2.33. The number of carboxylic acids is 1. The van der Waals surface area contributed by atoms with Gasteiger partial charge in [0.1, 0.15) is 0 Å². The topological polar surface area (TPSA) is 130 Å². The number of aromatic carboxylic acids is 1. The van der Waals surface area contributed by atoms with Crippen LogP contribution in [0.5, 0.6) is 0 Å². The van der Waals surface area contributed by atoms with Gasteiger partial charge in [0.05, 0.1) is 21.5 Å². The quantitative estimate of drug-likeness (QED) is 0.234. The molecule has 0 amide bonds. The Kier molecular flexibility index (Phi) is 11.3. The minimum absolute atomic E-state index is 0. The average Bonchev–Trinajstić information content (AvgIpc) is 2.77. The van der Waals surface area contributed by atoms with Crippen molar-refractivity contribution in [2.75, 3.05) is 18.8 Å². The van der Waals surface area contributed by atoms with Crippen molar-refractivity contribution < 1.29 is 23.4 Å². The molecule has 184 valence electrons. The molecule has 0 heterocycles. The molecule has 3 aromatic carbocycles. The summed E-state index contributed by atoms with van der Waals surface area (Å²) in [6.45, 7) is 0.944. The predicted octanol–water partition coefficient (Wildman–Crippen LogP) is 4.16. The summed E-state index contributed by atoms with van der Waals surface area (Å²) in [5, 5.41) is 23.1. The molecule has 7 nitrogen and oxygen atoms in total. The lowest BCUT2D eigenvalue weighted by atomic mass is 10.1. The number of sulfone groups is 1. The molecule has 5 N–H and O–H groups in total. The second-order valence-corrected chi connectivity index (χ2v) is 9.61. The number of rotatable bonds is 9. The monoisotopic (exact) mass is 546 g/mol. The van der Waals surface area contributed by atoms with E-state index in [4.69, 9.17) is 17.3 Å². The molecular weight excluding hydrogens is 523 g/mol. The van der Waals surface area contributed by atoms with Gasteiger partial charge in [-0.05, 0) is 66.6 Å². The molecule has 0 radical (unpaired) electrons. The molecule has 0 aliphatic heterocycles. The Bertz CT molecular complexity index is 1220. The molecule has 3 aromatic rings. The first-order valence-electron chi connectivity index (χ1n) is 9.79. The highest BCUT2D eigenvalue weighted by molar-refractivity contribution is 7.91. The Labute approximate surface area is 215 Å². The van der Waals surface area contributed by atoms with Gasteiger partial charge in [-0.3, -0.25) is 0 Å². The lowest BCUT2D eigenvalue weighted by Gasteiger charge is -2.13. The van der Waals surface area contributed by atoms with E-state index in [1.165, 1.54) is 24.3 Å². The zero-order chi connectivity index (χ0) is 23.3. The molecule has 0 aromatic heterocycles. The normalized spacial score (nSPS) is 11.7. The van der Waals surface area contributed by atoms with Gasteiger partial charge in [0.25, 0.3) is 0 Å². The van der Waals surface area contributed by atoms with E-state index in [9.17, 15) is 23.4 Å². The molecular formula is C23H25Cl3N2O5S. The number of hydrogen-bond donors (Lipinski definition) is 4. The van der Waals surface area contributed by atoms with Crippen molar-refractivity contribution in [2.24, 2.45) is 0 Å². The number of aliphatic hydroxyl groups is 1. The van der Waals surface area contributed by atoms with Crippen LogP contribution in [0.4, 0.5) is 5.69 Å². The van der Waals surface area contributed by atoms with E-state index in [0.29, 0.717) is 24.5 Å². The molecule has 0 saturated carbocycles. The molecule has 0 spiro atoms. The molecule has 3 rings (SSSR count).